The van der Waals surface area contributed by atoms with Gasteiger partial charge in [0.25, 0.3) is 0 Å². The van der Waals surface area contributed by atoms with Crippen molar-refractivity contribution in [3.8, 4) is 5.75 Å². The van der Waals surface area contributed by atoms with E-state index in [-0.39, 0.29) is 12.2 Å². The third-order valence-electron chi connectivity index (χ3n) is 5.34. The number of aryl methyl sites for hydroxylation is 1. The largest absolute Gasteiger partial charge is 0.573 e. The van der Waals surface area contributed by atoms with Gasteiger partial charge in [0, 0.05) is 11.3 Å². The third-order valence-corrected chi connectivity index (χ3v) is 5.34. The second-order valence-electron chi connectivity index (χ2n) is 7.24. The number of carbonyl (C=O) groups is 2. The molecule has 7 nitrogen and oxygen atoms in total. The van der Waals surface area contributed by atoms with E-state index >= 15 is 0 Å². The highest BCUT2D eigenvalue weighted by Crippen LogP contribution is 2.42. The van der Waals surface area contributed by atoms with Crippen molar-refractivity contribution in [2.24, 2.45) is 10.5 Å². The van der Waals surface area contributed by atoms with Crippen LogP contribution in [-0.4, -0.2) is 42.7 Å². The number of hydrogen-bond donors (Lipinski definition) is 1. The maximum atomic E-state index is 12.8. The van der Waals surface area contributed by atoms with Gasteiger partial charge < -0.3 is 14.8 Å². The van der Waals surface area contributed by atoms with Gasteiger partial charge >= 0.3 is 18.4 Å². The number of esters is 1. The van der Waals surface area contributed by atoms with Crippen LogP contribution >= 0.6 is 0 Å². The van der Waals surface area contributed by atoms with Crippen LogP contribution in [0, 0.1) is 5.41 Å². The molecule has 31 heavy (non-hydrogen) atoms. The van der Waals surface area contributed by atoms with Gasteiger partial charge in [0.15, 0.2) is 0 Å². The average molecular weight is 433 g/mol. The third kappa shape index (κ3) is 3.92. The van der Waals surface area contributed by atoms with Gasteiger partial charge in [0.1, 0.15) is 11.2 Å². The van der Waals surface area contributed by atoms with Crippen LogP contribution in [0.5, 0.6) is 5.75 Å². The van der Waals surface area contributed by atoms with Gasteiger partial charge in [0.2, 0.25) is 0 Å². The topological polar surface area (TPSA) is 80.2 Å². The zero-order valence-electron chi connectivity index (χ0n) is 16.4. The predicted molar refractivity (Wildman–Crippen MR) is 105 cm³/mol. The number of nitrogens with zero attached hydrogens (tertiary/aromatic N) is 2. The zero-order valence-corrected chi connectivity index (χ0v) is 16.4. The summed E-state index contributed by atoms with van der Waals surface area (Å²) in [6, 6.07) is 11.7. The summed E-state index contributed by atoms with van der Waals surface area (Å²) < 4.78 is 45.7. The van der Waals surface area contributed by atoms with Crippen molar-refractivity contribution in [3.05, 3.63) is 59.7 Å². The molecule has 2 amide bonds. The molecule has 2 aromatic rings. The van der Waals surface area contributed by atoms with Gasteiger partial charge in [-0.1, -0.05) is 24.3 Å². The first-order valence-corrected chi connectivity index (χ1v) is 9.42. The van der Waals surface area contributed by atoms with Crippen molar-refractivity contribution < 1.29 is 32.2 Å². The highest BCUT2D eigenvalue weighted by Gasteiger charge is 2.53. The fourth-order valence-electron chi connectivity index (χ4n) is 3.91. The molecule has 0 saturated carbocycles. The number of amides is 2. The summed E-state index contributed by atoms with van der Waals surface area (Å²) in [6.07, 6.45) is -3.71. The van der Waals surface area contributed by atoms with Crippen LogP contribution in [0.4, 0.5) is 23.7 Å². The molecule has 162 valence electrons. The monoisotopic (exact) mass is 433 g/mol. The number of nitrogens with one attached hydrogen (secondary N) is 1. The van der Waals surface area contributed by atoms with Crippen molar-refractivity contribution in [3.63, 3.8) is 0 Å². The molecule has 0 saturated heterocycles. The summed E-state index contributed by atoms with van der Waals surface area (Å²) in [4.78, 5) is 25.5. The van der Waals surface area contributed by atoms with E-state index in [2.05, 4.69) is 15.2 Å². The molecule has 0 bridgehead atoms. The molecule has 4 rings (SSSR count). The smallest absolute Gasteiger partial charge is 0.468 e. The molecule has 2 aliphatic rings. The van der Waals surface area contributed by atoms with E-state index in [1.807, 2.05) is 24.3 Å². The standard InChI is InChI=1S/C21H18F3N3O4/c1-30-18(28)20-11-10-13-4-2-3-5-16(13)17(20)26-27(12-20)19(29)25-14-6-8-15(9-7-14)31-21(22,23)24/h2-9H,10-12H2,1H3,(H,25,29). The van der Waals surface area contributed by atoms with Crippen molar-refractivity contribution in [2.75, 3.05) is 19.0 Å². The van der Waals surface area contributed by atoms with Crippen LogP contribution < -0.4 is 10.1 Å². The highest BCUT2D eigenvalue weighted by atomic mass is 19.4. The Morgan fingerprint density at radius 1 is 1.13 bits per heavy atom. The van der Waals surface area contributed by atoms with E-state index in [1.54, 1.807) is 0 Å². The summed E-state index contributed by atoms with van der Waals surface area (Å²) in [7, 11) is 1.29. The van der Waals surface area contributed by atoms with Crippen LogP contribution in [0.2, 0.25) is 0 Å². The number of rotatable bonds is 3. The lowest BCUT2D eigenvalue weighted by atomic mass is 9.70. The minimum Gasteiger partial charge on any atom is -0.468 e. The van der Waals surface area contributed by atoms with Crippen molar-refractivity contribution in [2.45, 2.75) is 19.2 Å². The molecule has 0 radical (unpaired) electrons. The molecule has 0 aromatic heterocycles. The Bertz CT molecular complexity index is 1050. The molecular weight excluding hydrogens is 415 g/mol. The molecule has 10 heteroatoms. The van der Waals surface area contributed by atoms with E-state index < -0.39 is 29.5 Å². The highest BCUT2D eigenvalue weighted by molar-refractivity contribution is 6.18. The quantitative estimate of drug-likeness (QED) is 0.744. The molecule has 1 heterocycles. The number of halogens is 3. The van der Waals surface area contributed by atoms with Gasteiger partial charge in [-0.25, -0.2) is 9.80 Å². The van der Waals surface area contributed by atoms with Gasteiger partial charge in [-0.05, 0) is 42.7 Å². The summed E-state index contributed by atoms with van der Waals surface area (Å²) in [6.45, 7) is 0.00441. The van der Waals surface area contributed by atoms with E-state index in [0.717, 1.165) is 28.3 Å². The molecule has 0 spiro atoms. The minimum absolute atomic E-state index is 0.00441. The summed E-state index contributed by atoms with van der Waals surface area (Å²) in [5.74, 6) is -0.871. The number of benzene rings is 2. The number of carbonyl (C=O) groups excluding carboxylic acids is 2. The maximum Gasteiger partial charge on any atom is 0.573 e. The summed E-state index contributed by atoms with van der Waals surface area (Å²) in [5, 5.41) is 8.14. The molecule has 1 aliphatic carbocycles. The molecule has 1 N–H and O–H groups in total. The number of ether oxygens (including phenoxy) is 2. The molecule has 0 fully saturated rings. The first-order valence-electron chi connectivity index (χ1n) is 9.42. The summed E-state index contributed by atoms with van der Waals surface area (Å²) >= 11 is 0. The Labute approximate surface area is 175 Å². The lowest BCUT2D eigenvalue weighted by Gasteiger charge is -2.32. The zero-order chi connectivity index (χ0) is 22.2. The van der Waals surface area contributed by atoms with Crippen LogP contribution in [-0.2, 0) is 16.0 Å². The fraction of sp³-hybridized carbons (Fsp3) is 0.286. The first-order chi connectivity index (χ1) is 14.7. The van der Waals surface area contributed by atoms with Gasteiger partial charge in [-0.2, -0.15) is 5.10 Å². The Balaban J connectivity index is 1.56. The van der Waals surface area contributed by atoms with E-state index in [4.69, 9.17) is 4.74 Å². The number of anilines is 1. The van der Waals surface area contributed by atoms with Crippen LogP contribution in [0.3, 0.4) is 0 Å². The van der Waals surface area contributed by atoms with Crippen LogP contribution in [0.25, 0.3) is 0 Å². The van der Waals surface area contributed by atoms with Crippen LogP contribution in [0.1, 0.15) is 17.5 Å². The van der Waals surface area contributed by atoms with Crippen LogP contribution in [0.15, 0.2) is 53.6 Å². The Hall–Kier alpha value is -3.56. The predicted octanol–water partition coefficient (Wildman–Crippen LogP) is 3.94. The lowest BCUT2D eigenvalue weighted by Crippen LogP contribution is -2.46. The van der Waals surface area contributed by atoms with E-state index in [0.29, 0.717) is 18.6 Å². The second kappa shape index (κ2) is 7.60. The Morgan fingerprint density at radius 2 is 1.84 bits per heavy atom. The minimum atomic E-state index is -4.80. The molecule has 1 atom stereocenters. The van der Waals surface area contributed by atoms with E-state index in [9.17, 15) is 22.8 Å². The van der Waals surface area contributed by atoms with Gasteiger partial charge in [-0.15, -0.1) is 13.2 Å². The van der Waals surface area contributed by atoms with E-state index in [1.165, 1.54) is 19.2 Å². The molecule has 1 unspecified atom stereocenters. The van der Waals surface area contributed by atoms with Crippen molar-refractivity contribution in [1.82, 2.24) is 5.01 Å². The number of hydrazone groups is 1. The summed E-state index contributed by atoms with van der Waals surface area (Å²) in [5.41, 5.74) is 1.49. The SMILES string of the molecule is COC(=O)C12CCc3ccccc3C1=NN(C(=O)Nc1ccc(OC(F)(F)F)cc1)C2. The number of urea groups is 1. The van der Waals surface area contributed by atoms with Crippen molar-refractivity contribution in [1.29, 1.82) is 0 Å². The maximum absolute atomic E-state index is 12.8. The number of hydrogen-bond acceptors (Lipinski definition) is 5. The normalized spacial score (nSPS) is 19.7. The number of alkyl halides is 3. The molecular formula is C21H18F3N3O4. The second-order valence-corrected chi connectivity index (χ2v) is 7.24. The van der Waals surface area contributed by atoms with Gasteiger partial charge in [-0.3, -0.25) is 4.79 Å². The first kappa shape index (κ1) is 20.7. The number of methoxy groups -OCH3 is 1. The Morgan fingerprint density at radius 3 is 2.52 bits per heavy atom. The molecule has 2 aromatic carbocycles. The number of fused-ring (bicyclic) bond motifs is 3. The average Bonchev–Trinajstić information content (AvgIpc) is 3.15. The van der Waals surface area contributed by atoms with Gasteiger partial charge in [0.05, 0.1) is 19.4 Å². The molecule has 1 aliphatic heterocycles. The Kier molecular flexibility index (Phi) is 5.08. The fourth-order valence-corrected chi connectivity index (χ4v) is 3.91. The lowest BCUT2D eigenvalue weighted by molar-refractivity contribution is -0.274. The van der Waals surface area contributed by atoms with Crippen molar-refractivity contribution >= 4 is 23.4 Å².